The van der Waals surface area contributed by atoms with Crippen LogP contribution in [0.4, 0.5) is 0 Å². The van der Waals surface area contributed by atoms with E-state index in [1.54, 1.807) is 4.57 Å². The molecule has 0 spiro atoms. The average Bonchev–Trinajstić information content (AvgIpc) is 3.18. The van der Waals surface area contributed by atoms with Crippen LogP contribution in [0.2, 0.25) is 0 Å². The Morgan fingerprint density at radius 1 is 0.966 bits per heavy atom. The quantitative estimate of drug-likeness (QED) is 0.419. The second kappa shape index (κ2) is 8.47. The van der Waals surface area contributed by atoms with Crippen molar-refractivity contribution in [2.45, 2.75) is 52.7 Å². The summed E-state index contributed by atoms with van der Waals surface area (Å²) in [6.45, 7) is 4.96. The zero-order chi connectivity index (χ0) is 20.2. The van der Waals surface area contributed by atoms with Crippen molar-refractivity contribution >= 4 is 16.7 Å². The maximum Gasteiger partial charge on any atom is 0.262 e. The Hall–Kier alpha value is -3.15. The Bertz CT molecular complexity index is 1180. The van der Waals surface area contributed by atoms with E-state index in [1.807, 2.05) is 47.7 Å². The van der Waals surface area contributed by atoms with Crippen molar-refractivity contribution < 1.29 is 4.74 Å². The maximum atomic E-state index is 12.7. The topological polar surface area (TPSA) is 61.4 Å². The second-order valence-corrected chi connectivity index (χ2v) is 7.21. The summed E-state index contributed by atoms with van der Waals surface area (Å²) < 4.78 is 9.54. The van der Waals surface area contributed by atoms with Gasteiger partial charge in [0.1, 0.15) is 12.4 Å². The molecule has 0 bridgehead atoms. The molecule has 29 heavy (non-hydrogen) atoms. The van der Waals surface area contributed by atoms with E-state index in [0.717, 1.165) is 17.7 Å². The molecule has 6 nitrogen and oxygen atoms in total. The lowest BCUT2D eigenvalue weighted by atomic mass is 10.1. The van der Waals surface area contributed by atoms with Gasteiger partial charge in [0.25, 0.3) is 5.56 Å². The first-order valence-corrected chi connectivity index (χ1v) is 10.3. The number of ether oxygens (including phenoxy) is 1. The van der Waals surface area contributed by atoms with E-state index in [-0.39, 0.29) is 12.2 Å². The summed E-state index contributed by atoms with van der Waals surface area (Å²) in [6, 6.07) is 15.8. The molecule has 150 valence electrons. The van der Waals surface area contributed by atoms with Gasteiger partial charge in [0.2, 0.25) is 5.78 Å². The van der Waals surface area contributed by atoms with Crippen molar-refractivity contribution in [3.8, 4) is 5.75 Å². The summed E-state index contributed by atoms with van der Waals surface area (Å²) in [5, 5.41) is 9.22. The molecule has 0 aliphatic carbocycles. The average molecular weight is 390 g/mol. The maximum absolute atomic E-state index is 12.7. The van der Waals surface area contributed by atoms with Crippen LogP contribution in [0.15, 0.2) is 53.3 Å². The Morgan fingerprint density at radius 2 is 1.76 bits per heavy atom. The lowest BCUT2D eigenvalue weighted by Gasteiger charge is -2.10. The fourth-order valence-electron chi connectivity index (χ4n) is 3.67. The predicted molar refractivity (Wildman–Crippen MR) is 114 cm³/mol. The number of nitrogens with zero attached hydrogens (tertiary/aromatic N) is 4. The third-order valence-electron chi connectivity index (χ3n) is 5.25. The number of hydrogen-bond donors (Lipinski definition) is 0. The molecule has 6 heteroatoms. The summed E-state index contributed by atoms with van der Waals surface area (Å²) in [6.07, 6.45) is 4.81. The van der Waals surface area contributed by atoms with E-state index in [9.17, 15) is 4.79 Å². The number of aryl methyl sites for hydroxylation is 2. The van der Waals surface area contributed by atoms with Crippen molar-refractivity contribution in [3.63, 3.8) is 0 Å². The molecule has 0 atom stereocenters. The minimum atomic E-state index is -0.0471. The molecule has 4 aromatic rings. The number of rotatable bonds is 8. The molecule has 0 N–H and O–H groups in total. The van der Waals surface area contributed by atoms with Crippen molar-refractivity contribution in [1.29, 1.82) is 0 Å². The van der Waals surface area contributed by atoms with Gasteiger partial charge in [0.15, 0.2) is 5.82 Å². The molecule has 0 radical (unpaired) electrons. The Morgan fingerprint density at radius 3 is 2.52 bits per heavy atom. The van der Waals surface area contributed by atoms with Gasteiger partial charge in [0, 0.05) is 6.54 Å². The Kier molecular flexibility index (Phi) is 5.60. The minimum absolute atomic E-state index is 0.0471. The molecule has 0 saturated heterocycles. The van der Waals surface area contributed by atoms with E-state index in [4.69, 9.17) is 4.74 Å². The van der Waals surface area contributed by atoms with Crippen LogP contribution in [-0.2, 0) is 19.6 Å². The van der Waals surface area contributed by atoms with Crippen molar-refractivity contribution in [2.24, 2.45) is 0 Å². The van der Waals surface area contributed by atoms with E-state index in [2.05, 4.69) is 29.3 Å². The van der Waals surface area contributed by atoms with Crippen LogP contribution >= 0.6 is 0 Å². The van der Waals surface area contributed by atoms with Crippen molar-refractivity contribution in [3.05, 3.63) is 70.3 Å². The van der Waals surface area contributed by atoms with Crippen LogP contribution in [0.3, 0.4) is 0 Å². The van der Waals surface area contributed by atoms with Crippen LogP contribution in [0.1, 0.15) is 44.5 Å². The predicted octanol–water partition coefficient (Wildman–Crippen LogP) is 4.38. The largest absolute Gasteiger partial charge is 0.486 e. The fraction of sp³-hybridized carbons (Fsp3) is 0.348. The van der Waals surface area contributed by atoms with Gasteiger partial charge in [-0.2, -0.15) is 0 Å². The van der Waals surface area contributed by atoms with Gasteiger partial charge < -0.3 is 4.74 Å². The molecule has 4 rings (SSSR count). The fourth-order valence-corrected chi connectivity index (χ4v) is 3.67. The number of fused-ring (bicyclic) bond motifs is 3. The monoisotopic (exact) mass is 390 g/mol. The summed E-state index contributed by atoms with van der Waals surface area (Å²) >= 11 is 0. The molecule has 0 aliphatic rings. The number of unbranched alkanes of at least 4 members (excludes halogenated alkanes) is 2. The third kappa shape index (κ3) is 3.75. The van der Waals surface area contributed by atoms with Gasteiger partial charge in [-0.1, -0.05) is 44.0 Å². The molecule has 2 aromatic heterocycles. The highest BCUT2D eigenvalue weighted by Gasteiger charge is 2.15. The lowest BCUT2D eigenvalue weighted by molar-refractivity contribution is 0.295. The first kappa shape index (κ1) is 19.2. The Balaban J connectivity index is 1.61. The highest BCUT2D eigenvalue weighted by Crippen LogP contribution is 2.18. The highest BCUT2D eigenvalue weighted by molar-refractivity contribution is 5.80. The van der Waals surface area contributed by atoms with E-state index >= 15 is 0 Å². The zero-order valence-corrected chi connectivity index (χ0v) is 17.0. The first-order chi connectivity index (χ1) is 14.2. The van der Waals surface area contributed by atoms with Crippen LogP contribution in [0, 0.1) is 0 Å². The standard InChI is InChI=1S/C23H26N4O2/c1-3-5-6-9-17-12-14-18(15-13-17)29-16-21-24-25-23-26(4-2)22(28)19-10-7-8-11-20(19)27(21)23/h7-8,10-15H,3-6,9,16H2,1-2H3. The van der Waals surface area contributed by atoms with Crippen LogP contribution in [0.5, 0.6) is 5.75 Å². The second-order valence-electron chi connectivity index (χ2n) is 7.21. The van der Waals surface area contributed by atoms with Gasteiger partial charge in [-0.05, 0) is 49.6 Å². The third-order valence-corrected chi connectivity index (χ3v) is 5.25. The van der Waals surface area contributed by atoms with Crippen molar-refractivity contribution in [1.82, 2.24) is 19.2 Å². The first-order valence-electron chi connectivity index (χ1n) is 10.3. The minimum Gasteiger partial charge on any atom is -0.486 e. The molecule has 0 unspecified atom stereocenters. The highest BCUT2D eigenvalue weighted by atomic mass is 16.5. The van der Waals surface area contributed by atoms with E-state index in [0.29, 0.717) is 23.5 Å². The van der Waals surface area contributed by atoms with Gasteiger partial charge in [-0.3, -0.25) is 13.8 Å². The normalized spacial score (nSPS) is 11.4. The summed E-state index contributed by atoms with van der Waals surface area (Å²) in [7, 11) is 0. The summed E-state index contributed by atoms with van der Waals surface area (Å²) in [5.41, 5.74) is 2.08. The van der Waals surface area contributed by atoms with E-state index in [1.165, 1.54) is 24.8 Å². The summed E-state index contributed by atoms with van der Waals surface area (Å²) in [5.74, 6) is 2.01. The molecule has 0 amide bonds. The molecular weight excluding hydrogens is 364 g/mol. The molecular formula is C23H26N4O2. The van der Waals surface area contributed by atoms with E-state index < -0.39 is 0 Å². The van der Waals surface area contributed by atoms with Gasteiger partial charge in [0.05, 0.1) is 10.9 Å². The molecule has 0 fully saturated rings. The molecule has 0 aliphatic heterocycles. The van der Waals surface area contributed by atoms with Gasteiger partial charge in [-0.15, -0.1) is 10.2 Å². The summed E-state index contributed by atoms with van der Waals surface area (Å²) in [4.78, 5) is 12.7. The molecule has 0 saturated carbocycles. The lowest BCUT2D eigenvalue weighted by Crippen LogP contribution is -2.22. The SMILES string of the molecule is CCCCCc1ccc(OCc2nnc3n(CC)c(=O)c4ccccc4n23)cc1. The number of para-hydroxylation sites is 1. The van der Waals surface area contributed by atoms with Crippen LogP contribution < -0.4 is 10.3 Å². The number of aromatic nitrogens is 4. The van der Waals surface area contributed by atoms with Crippen molar-refractivity contribution in [2.75, 3.05) is 0 Å². The van der Waals surface area contributed by atoms with Crippen LogP contribution in [-0.4, -0.2) is 19.2 Å². The number of benzene rings is 2. The van der Waals surface area contributed by atoms with Gasteiger partial charge >= 0.3 is 0 Å². The number of hydrogen-bond acceptors (Lipinski definition) is 4. The zero-order valence-electron chi connectivity index (χ0n) is 17.0. The smallest absolute Gasteiger partial charge is 0.262 e. The van der Waals surface area contributed by atoms with Crippen LogP contribution in [0.25, 0.3) is 16.7 Å². The van der Waals surface area contributed by atoms with Gasteiger partial charge in [-0.25, -0.2) is 0 Å². The molecule has 2 heterocycles. The Labute approximate surface area is 169 Å². The molecule has 2 aromatic carbocycles.